The number of aliphatic hydroxyl groups is 1. The minimum Gasteiger partial charge on any atom is -0.502 e. The average Bonchev–Trinajstić information content (AvgIpc) is 2.38. The quantitative estimate of drug-likeness (QED) is 0.288. The Labute approximate surface area is 109 Å². The van der Waals surface area contributed by atoms with E-state index in [9.17, 15) is 20.0 Å². The zero-order valence-electron chi connectivity index (χ0n) is 10.5. The summed E-state index contributed by atoms with van der Waals surface area (Å²) in [5.74, 6) is -1.62. The van der Waals surface area contributed by atoms with Crippen LogP contribution >= 0.6 is 0 Å². The monoisotopic (exact) mass is 267 g/mol. The van der Waals surface area contributed by atoms with Crippen molar-refractivity contribution in [1.29, 1.82) is 0 Å². The Morgan fingerprint density at radius 1 is 1.53 bits per heavy atom. The van der Waals surface area contributed by atoms with Gasteiger partial charge < -0.3 is 14.6 Å². The molecule has 0 aliphatic rings. The first-order valence-corrected chi connectivity index (χ1v) is 5.40. The molecule has 1 rings (SSSR count). The number of hydrogen-bond acceptors (Lipinski definition) is 6. The summed E-state index contributed by atoms with van der Waals surface area (Å²) in [5.41, 5.74) is -0.282. The average molecular weight is 267 g/mol. The van der Waals surface area contributed by atoms with Crippen molar-refractivity contribution in [3.63, 3.8) is 0 Å². The molecule has 0 unspecified atom stereocenters. The Hall–Kier alpha value is -2.57. The van der Waals surface area contributed by atoms with Crippen molar-refractivity contribution < 1.29 is 24.3 Å². The fraction of sp³-hybridized carbons (Fsp3) is 0.250. The number of nitro benzene ring substituents is 1. The molecule has 102 valence electrons. The molecule has 7 heteroatoms. The molecule has 0 saturated carbocycles. The highest BCUT2D eigenvalue weighted by molar-refractivity contribution is 5.92. The van der Waals surface area contributed by atoms with Crippen molar-refractivity contribution in [2.75, 3.05) is 13.7 Å². The molecule has 0 atom stereocenters. The van der Waals surface area contributed by atoms with Crippen LogP contribution in [-0.2, 0) is 9.53 Å². The Balaban J connectivity index is 3.24. The smallest absolute Gasteiger partial charge is 0.373 e. The summed E-state index contributed by atoms with van der Waals surface area (Å²) in [6, 6.07) is 4.31. The van der Waals surface area contributed by atoms with Gasteiger partial charge in [-0.2, -0.15) is 0 Å². The van der Waals surface area contributed by atoms with Crippen LogP contribution in [0.3, 0.4) is 0 Å². The Morgan fingerprint density at radius 2 is 2.21 bits per heavy atom. The van der Waals surface area contributed by atoms with Gasteiger partial charge in [-0.25, -0.2) is 4.79 Å². The zero-order chi connectivity index (χ0) is 14.4. The van der Waals surface area contributed by atoms with Crippen molar-refractivity contribution in [3.8, 4) is 5.75 Å². The number of benzene rings is 1. The maximum Gasteiger partial charge on any atom is 0.373 e. The minimum atomic E-state index is -0.945. The summed E-state index contributed by atoms with van der Waals surface area (Å²) in [6.45, 7) is 1.68. The van der Waals surface area contributed by atoms with Crippen LogP contribution in [0, 0.1) is 10.1 Å². The molecule has 7 nitrogen and oxygen atoms in total. The number of para-hydroxylation sites is 1. The standard InChI is InChI=1S/C12H13NO6/c1-3-19-12(15)9(14)7-8-5-4-6-10(18-2)11(8)13(16)17/h4-7,14H,3H2,1-2H3/b9-7-. The molecule has 19 heavy (non-hydrogen) atoms. The predicted octanol–water partition coefficient (Wildman–Crippen LogP) is 2.07. The summed E-state index contributed by atoms with van der Waals surface area (Å²) >= 11 is 0. The van der Waals surface area contributed by atoms with Crippen LogP contribution in [0.2, 0.25) is 0 Å². The second kappa shape index (κ2) is 6.39. The number of esters is 1. The normalized spacial score (nSPS) is 10.9. The van der Waals surface area contributed by atoms with Gasteiger partial charge in [-0.15, -0.1) is 0 Å². The van der Waals surface area contributed by atoms with Gasteiger partial charge in [0.25, 0.3) is 0 Å². The maximum absolute atomic E-state index is 11.2. The largest absolute Gasteiger partial charge is 0.502 e. The molecule has 0 heterocycles. The molecular weight excluding hydrogens is 254 g/mol. The van der Waals surface area contributed by atoms with Gasteiger partial charge in [-0.05, 0) is 19.1 Å². The molecule has 0 radical (unpaired) electrons. The number of nitro groups is 1. The van der Waals surface area contributed by atoms with Crippen molar-refractivity contribution in [2.45, 2.75) is 6.92 Å². The van der Waals surface area contributed by atoms with Gasteiger partial charge in [-0.1, -0.05) is 6.07 Å². The number of nitrogens with zero attached hydrogens (tertiary/aromatic N) is 1. The molecule has 0 saturated heterocycles. The van der Waals surface area contributed by atoms with Gasteiger partial charge in [0.05, 0.1) is 24.2 Å². The molecule has 1 N–H and O–H groups in total. The van der Waals surface area contributed by atoms with E-state index in [0.29, 0.717) is 0 Å². The molecule has 0 spiro atoms. The topological polar surface area (TPSA) is 98.9 Å². The summed E-state index contributed by atoms with van der Waals surface area (Å²) < 4.78 is 9.44. The van der Waals surface area contributed by atoms with Crippen molar-refractivity contribution in [2.24, 2.45) is 0 Å². The fourth-order valence-electron chi connectivity index (χ4n) is 1.43. The second-order valence-corrected chi connectivity index (χ2v) is 3.41. The van der Waals surface area contributed by atoms with E-state index in [1.165, 1.54) is 25.3 Å². The van der Waals surface area contributed by atoms with E-state index in [1.807, 2.05) is 0 Å². The molecule has 0 fully saturated rings. The number of carbonyl (C=O) groups is 1. The summed E-state index contributed by atoms with van der Waals surface area (Å²) in [4.78, 5) is 21.6. The van der Waals surface area contributed by atoms with Crippen molar-refractivity contribution in [1.82, 2.24) is 0 Å². The van der Waals surface area contributed by atoms with E-state index in [-0.39, 0.29) is 23.6 Å². The van der Waals surface area contributed by atoms with Gasteiger partial charge in [0.15, 0.2) is 5.75 Å². The van der Waals surface area contributed by atoms with E-state index in [4.69, 9.17) is 4.74 Å². The lowest BCUT2D eigenvalue weighted by Gasteiger charge is -2.04. The van der Waals surface area contributed by atoms with Gasteiger partial charge >= 0.3 is 11.7 Å². The van der Waals surface area contributed by atoms with Crippen LogP contribution in [0.15, 0.2) is 24.0 Å². The zero-order valence-corrected chi connectivity index (χ0v) is 10.5. The molecule has 0 bridgehead atoms. The third-order valence-electron chi connectivity index (χ3n) is 2.21. The highest BCUT2D eigenvalue weighted by atomic mass is 16.6. The fourth-order valence-corrected chi connectivity index (χ4v) is 1.43. The van der Waals surface area contributed by atoms with E-state index in [1.54, 1.807) is 6.92 Å². The van der Waals surface area contributed by atoms with Crippen LogP contribution < -0.4 is 4.74 Å². The highest BCUT2D eigenvalue weighted by Gasteiger charge is 2.20. The van der Waals surface area contributed by atoms with Crippen LogP contribution in [0.1, 0.15) is 12.5 Å². The van der Waals surface area contributed by atoms with Gasteiger partial charge in [0, 0.05) is 6.08 Å². The third-order valence-corrected chi connectivity index (χ3v) is 2.21. The van der Waals surface area contributed by atoms with E-state index in [0.717, 1.165) is 6.08 Å². The van der Waals surface area contributed by atoms with Crippen molar-refractivity contribution in [3.05, 3.63) is 39.6 Å². The number of hydrogen-bond donors (Lipinski definition) is 1. The van der Waals surface area contributed by atoms with Gasteiger partial charge in [0.2, 0.25) is 5.76 Å². The molecule has 1 aromatic carbocycles. The molecule has 0 aromatic heterocycles. The van der Waals surface area contributed by atoms with E-state index >= 15 is 0 Å². The molecule has 0 aliphatic heterocycles. The number of carbonyl (C=O) groups excluding carboxylic acids is 1. The molecule has 0 aliphatic carbocycles. The number of methoxy groups -OCH3 is 1. The number of rotatable bonds is 5. The second-order valence-electron chi connectivity index (χ2n) is 3.41. The lowest BCUT2D eigenvalue weighted by atomic mass is 10.1. The highest BCUT2D eigenvalue weighted by Crippen LogP contribution is 2.31. The minimum absolute atomic E-state index is 0.0374. The van der Waals surface area contributed by atoms with E-state index in [2.05, 4.69) is 4.74 Å². The molecule has 1 aromatic rings. The maximum atomic E-state index is 11.2. The van der Waals surface area contributed by atoms with Crippen LogP contribution in [0.5, 0.6) is 5.75 Å². The lowest BCUT2D eigenvalue weighted by molar-refractivity contribution is -0.386. The predicted molar refractivity (Wildman–Crippen MR) is 66.9 cm³/mol. The summed E-state index contributed by atoms with van der Waals surface area (Å²) in [5, 5.41) is 20.5. The van der Waals surface area contributed by atoms with E-state index < -0.39 is 16.7 Å². The van der Waals surface area contributed by atoms with Gasteiger partial charge in [0.1, 0.15) is 0 Å². The number of ether oxygens (including phenoxy) is 2. The first kappa shape index (κ1) is 14.5. The van der Waals surface area contributed by atoms with Crippen molar-refractivity contribution >= 4 is 17.7 Å². The Bertz CT molecular complexity index is 523. The van der Waals surface area contributed by atoms with Crippen LogP contribution in [-0.4, -0.2) is 29.7 Å². The van der Waals surface area contributed by atoms with Gasteiger partial charge in [-0.3, -0.25) is 10.1 Å². The Morgan fingerprint density at radius 3 is 2.74 bits per heavy atom. The van der Waals surface area contributed by atoms with Crippen LogP contribution in [0.25, 0.3) is 6.08 Å². The third kappa shape index (κ3) is 3.44. The molecular formula is C12H13NO6. The summed E-state index contributed by atoms with van der Waals surface area (Å²) in [6.07, 6.45) is 0.971. The first-order valence-electron chi connectivity index (χ1n) is 5.40. The van der Waals surface area contributed by atoms with Crippen LogP contribution in [0.4, 0.5) is 5.69 Å². The number of aliphatic hydroxyl groups excluding tert-OH is 1. The summed E-state index contributed by atoms with van der Waals surface area (Å²) in [7, 11) is 1.29. The Kier molecular flexibility index (Phi) is 4.87. The molecule has 0 amide bonds. The first-order chi connectivity index (χ1) is 9.01. The SMILES string of the molecule is CCOC(=O)/C(O)=C/c1cccc(OC)c1[N+](=O)[O-]. The lowest BCUT2D eigenvalue weighted by Crippen LogP contribution is -2.07.